The van der Waals surface area contributed by atoms with Crippen molar-refractivity contribution in [3.05, 3.63) is 65.4 Å². The maximum absolute atomic E-state index is 13.7. The van der Waals surface area contributed by atoms with Gasteiger partial charge in [0.05, 0.1) is 29.7 Å². The monoisotopic (exact) mass is 518 g/mol. The SMILES string of the molecule is CN1CSc2cc(/C=C/c3ccc4nccc(C(=O)CCC(=O)N5CC(F)(F)C[C@H]5C#N)c4c3)ccc21. The number of aromatic nitrogens is 1. The first-order valence-electron chi connectivity index (χ1n) is 11.9. The van der Waals surface area contributed by atoms with Crippen LogP contribution in [0.15, 0.2) is 53.6 Å². The molecule has 0 radical (unpaired) electrons. The average molecular weight is 519 g/mol. The first-order valence-corrected chi connectivity index (χ1v) is 12.9. The number of ketones is 1. The lowest BCUT2D eigenvalue weighted by Gasteiger charge is -2.18. The van der Waals surface area contributed by atoms with Crippen molar-refractivity contribution in [1.29, 1.82) is 5.26 Å². The number of carbonyl (C=O) groups is 2. The molecule has 2 aromatic carbocycles. The molecule has 2 aliphatic heterocycles. The van der Waals surface area contributed by atoms with E-state index >= 15 is 0 Å². The van der Waals surface area contributed by atoms with Crippen molar-refractivity contribution in [3.63, 3.8) is 0 Å². The molecule has 0 aliphatic carbocycles. The highest BCUT2D eigenvalue weighted by atomic mass is 32.2. The molecule has 0 unspecified atom stereocenters. The van der Waals surface area contributed by atoms with Crippen molar-refractivity contribution in [2.45, 2.75) is 36.1 Å². The van der Waals surface area contributed by atoms with Gasteiger partial charge in [-0.05, 0) is 41.5 Å². The Hall–Kier alpha value is -3.77. The highest BCUT2D eigenvalue weighted by Gasteiger charge is 2.47. The fourth-order valence-electron chi connectivity index (χ4n) is 4.70. The number of nitrogens with zero attached hydrogens (tertiary/aromatic N) is 4. The predicted octanol–water partition coefficient (Wildman–Crippen LogP) is 5.63. The number of fused-ring (bicyclic) bond motifs is 2. The quantitative estimate of drug-likeness (QED) is 0.311. The zero-order valence-electron chi connectivity index (χ0n) is 20.2. The second-order valence-electron chi connectivity index (χ2n) is 9.32. The molecule has 1 amide bonds. The summed E-state index contributed by atoms with van der Waals surface area (Å²) in [6, 6.07) is 14.2. The molecule has 0 spiro atoms. The molecular weight excluding hydrogens is 494 g/mol. The smallest absolute Gasteiger partial charge is 0.268 e. The van der Waals surface area contributed by atoms with Crippen LogP contribution in [-0.2, 0) is 4.79 Å². The molecule has 2 aliphatic rings. The van der Waals surface area contributed by atoms with Gasteiger partial charge in [0.1, 0.15) is 6.04 Å². The number of hydrogen-bond donors (Lipinski definition) is 0. The number of benzene rings is 2. The summed E-state index contributed by atoms with van der Waals surface area (Å²) in [5.74, 6) is -3.04. The number of nitriles is 1. The normalized spacial score (nSPS) is 18.4. The highest BCUT2D eigenvalue weighted by Crippen LogP contribution is 2.38. The van der Waals surface area contributed by atoms with Gasteiger partial charge in [-0.1, -0.05) is 24.3 Å². The van der Waals surface area contributed by atoms with Crippen molar-refractivity contribution in [2.24, 2.45) is 0 Å². The molecule has 188 valence electrons. The third-order valence-electron chi connectivity index (χ3n) is 6.65. The van der Waals surface area contributed by atoms with E-state index in [9.17, 15) is 18.4 Å². The number of Topliss-reactive ketones (excluding diaryl/α,β-unsaturated/α-hetero) is 1. The van der Waals surface area contributed by atoms with Gasteiger partial charge in [0, 0.05) is 48.4 Å². The lowest BCUT2D eigenvalue weighted by atomic mass is 10.00. The van der Waals surface area contributed by atoms with Gasteiger partial charge in [-0.3, -0.25) is 14.6 Å². The van der Waals surface area contributed by atoms with Crippen LogP contribution in [0.2, 0.25) is 0 Å². The van der Waals surface area contributed by atoms with Crippen LogP contribution in [0.1, 0.15) is 40.7 Å². The van der Waals surface area contributed by atoms with Crippen LogP contribution in [0.25, 0.3) is 23.1 Å². The van der Waals surface area contributed by atoms with Gasteiger partial charge in [0.15, 0.2) is 5.78 Å². The third kappa shape index (κ3) is 5.20. The molecule has 9 heteroatoms. The van der Waals surface area contributed by atoms with Crippen LogP contribution in [0.4, 0.5) is 14.5 Å². The summed E-state index contributed by atoms with van der Waals surface area (Å²) in [5, 5.41) is 9.79. The number of likely N-dealkylation sites (tertiary alicyclic amines) is 1. The maximum Gasteiger partial charge on any atom is 0.268 e. The van der Waals surface area contributed by atoms with Gasteiger partial charge in [0.25, 0.3) is 5.92 Å². The van der Waals surface area contributed by atoms with E-state index in [0.29, 0.717) is 16.5 Å². The van der Waals surface area contributed by atoms with E-state index in [4.69, 9.17) is 5.26 Å². The van der Waals surface area contributed by atoms with E-state index in [1.807, 2.05) is 30.4 Å². The molecule has 1 fully saturated rings. The van der Waals surface area contributed by atoms with Gasteiger partial charge in [-0.15, -0.1) is 11.8 Å². The first-order chi connectivity index (χ1) is 17.7. The summed E-state index contributed by atoms with van der Waals surface area (Å²) < 4.78 is 27.4. The number of carbonyl (C=O) groups excluding carboxylic acids is 2. The second kappa shape index (κ2) is 9.94. The molecule has 3 heterocycles. The van der Waals surface area contributed by atoms with Gasteiger partial charge in [0.2, 0.25) is 5.91 Å². The zero-order valence-corrected chi connectivity index (χ0v) is 21.0. The first kappa shape index (κ1) is 24.9. The minimum Gasteiger partial charge on any atom is -0.364 e. The molecule has 6 nitrogen and oxygen atoms in total. The standard InChI is InChI=1S/C28H24F2N4O2S/c1-33-17-37-26-13-19(5-7-24(26)33)3-2-18-4-6-23-22(12-18)21(10-11-32-23)25(35)8-9-27(36)34-16-28(29,30)14-20(34)15-31/h2-7,10-13,20H,8-9,14,16-17H2,1H3/b3-2+/t20-/m0/s1. The fraction of sp³-hybridized carbons (Fsp3) is 0.286. The van der Waals surface area contributed by atoms with Crippen molar-refractivity contribution >= 4 is 52.2 Å². The average Bonchev–Trinajstić information content (AvgIpc) is 3.43. The van der Waals surface area contributed by atoms with Crippen molar-refractivity contribution < 1.29 is 18.4 Å². The molecular formula is C28H24F2N4O2S. The van der Waals surface area contributed by atoms with Crippen LogP contribution in [0.3, 0.4) is 0 Å². The van der Waals surface area contributed by atoms with Gasteiger partial charge in [-0.2, -0.15) is 5.26 Å². The molecule has 0 N–H and O–H groups in total. The van der Waals surface area contributed by atoms with E-state index in [1.54, 1.807) is 30.1 Å². The topological polar surface area (TPSA) is 77.3 Å². The predicted molar refractivity (Wildman–Crippen MR) is 140 cm³/mol. The molecule has 0 bridgehead atoms. The minimum atomic E-state index is -3.08. The van der Waals surface area contributed by atoms with Gasteiger partial charge < -0.3 is 9.80 Å². The highest BCUT2D eigenvalue weighted by molar-refractivity contribution is 7.99. The third-order valence-corrected chi connectivity index (χ3v) is 7.80. The summed E-state index contributed by atoms with van der Waals surface area (Å²) in [4.78, 5) is 34.3. The maximum atomic E-state index is 13.7. The van der Waals surface area contributed by atoms with E-state index in [2.05, 4.69) is 35.1 Å². The van der Waals surface area contributed by atoms with Gasteiger partial charge >= 0.3 is 0 Å². The second-order valence-corrected chi connectivity index (χ2v) is 10.3. The Morgan fingerprint density at radius 1 is 1.16 bits per heavy atom. The Labute approximate surface area is 217 Å². The lowest BCUT2D eigenvalue weighted by molar-refractivity contribution is -0.132. The largest absolute Gasteiger partial charge is 0.364 e. The molecule has 0 saturated carbocycles. The summed E-state index contributed by atoms with van der Waals surface area (Å²) in [6.45, 7) is -0.786. The van der Waals surface area contributed by atoms with E-state index in [-0.39, 0.29) is 18.6 Å². The number of alkyl halides is 2. The Kier molecular flexibility index (Phi) is 6.69. The van der Waals surface area contributed by atoms with Crippen LogP contribution in [0.5, 0.6) is 0 Å². The van der Waals surface area contributed by atoms with E-state index < -0.39 is 30.8 Å². The number of pyridine rings is 1. The molecule has 1 atom stereocenters. The molecule has 1 aromatic heterocycles. The van der Waals surface area contributed by atoms with Crippen LogP contribution in [-0.4, -0.2) is 53.0 Å². The number of amides is 1. The van der Waals surface area contributed by atoms with E-state index in [1.165, 1.54) is 10.6 Å². The Morgan fingerprint density at radius 2 is 1.92 bits per heavy atom. The number of thioether (sulfide) groups is 1. The Morgan fingerprint density at radius 3 is 2.70 bits per heavy atom. The fourth-order valence-corrected chi connectivity index (χ4v) is 5.76. The Bertz CT molecular complexity index is 1470. The van der Waals surface area contributed by atoms with E-state index in [0.717, 1.165) is 21.9 Å². The van der Waals surface area contributed by atoms with Crippen molar-refractivity contribution in [2.75, 3.05) is 24.4 Å². The molecule has 1 saturated heterocycles. The zero-order chi connectivity index (χ0) is 26.2. The Balaban J connectivity index is 1.31. The van der Waals surface area contributed by atoms with Crippen molar-refractivity contribution in [3.8, 4) is 6.07 Å². The summed E-state index contributed by atoms with van der Waals surface area (Å²) in [5.41, 5.74) is 4.27. The van der Waals surface area contributed by atoms with Crippen LogP contribution < -0.4 is 4.90 Å². The van der Waals surface area contributed by atoms with Crippen molar-refractivity contribution in [1.82, 2.24) is 9.88 Å². The lowest BCUT2D eigenvalue weighted by Crippen LogP contribution is -2.36. The number of rotatable bonds is 6. The van der Waals surface area contributed by atoms with Crippen LogP contribution in [0, 0.1) is 11.3 Å². The molecule has 37 heavy (non-hydrogen) atoms. The summed E-state index contributed by atoms with van der Waals surface area (Å²) in [6.07, 6.45) is 4.50. The van der Waals surface area contributed by atoms with Crippen LogP contribution >= 0.6 is 11.8 Å². The summed E-state index contributed by atoms with van der Waals surface area (Å²) >= 11 is 1.80. The minimum absolute atomic E-state index is 0.139. The summed E-state index contributed by atoms with van der Waals surface area (Å²) in [7, 11) is 2.07. The number of hydrogen-bond acceptors (Lipinski definition) is 6. The molecule has 5 rings (SSSR count). The number of anilines is 1. The molecule has 3 aromatic rings. The number of halogens is 2. The van der Waals surface area contributed by atoms with Gasteiger partial charge in [-0.25, -0.2) is 8.78 Å².